The monoisotopic (exact) mass is 215 g/mol. The van der Waals surface area contributed by atoms with Crippen LogP contribution in [0.15, 0.2) is 10.6 Å². The summed E-state index contributed by atoms with van der Waals surface area (Å²) < 4.78 is 10.5. The molecule has 2 heterocycles. The largest absolute Gasteiger partial charge is 0.381 e. The summed E-state index contributed by atoms with van der Waals surface area (Å²) in [6, 6.07) is 2.03. The number of aryl methyl sites for hydroxylation is 1. The Morgan fingerprint density at radius 3 is 2.93 bits per heavy atom. The molecule has 1 saturated heterocycles. The Labute approximate surface area is 88.4 Å². The minimum absolute atomic E-state index is 0.511. The van der Waals surface area contributed by atoms with Crippen LogP contribution in [0.5, 0.6) is 0 Å². The molecule has 1 aromatic rings. The molecule has 1 aliphatic heterocycles. The zero-order chi connectivity index (χ0) is 9.80. The van der Waals surface area contributed by atoms with E-state index in [1.54, 1.807) is 0 Å². The van der Waals surface area contributed by atoms with Crippen molar-refractivity contribution in [2.45, 2.75) is 25.2 Å². The van der Waals surface area contributed by atoms with E-state index in [9.17, 15) is 0 Å². The molecule has 1 fully saturated rings. The first-order valence-corrected chi connectivity index (χ1v) is 5.53. The van der Waals surface area contributed by atoms with Crippen LogP contribution >= 0.6 is 11.6 Å². The molecular formula is C10H14ClNO2. The first kappa shape index (κ1) is 9.99. The highest BCUT2D eigenvalue weighted by Crippen LogP contribution is 2.26. The van der Waals surface area contributed by atoms with Gasteiger partial charge in [0.05, 0.1) is 5.69 Å². The molecule has 3 nitrogen and oxygen atoms in total. The summed E-state index contributed by atoms with van der Waals surface area (Å²) in [5.74, 6) is 1.99. The lowest BCUT2D eigenvalue weighted by molar-refractivity contribution is 0.0838. The molecular weight excluding hydrogens is 202 g/mol. The number of rotatable bonds is 3. The molecule has 14 heavy (non-hydrogen) atoms. The Morgan fingerprint density at radius 2 is 2.21 bits per heavy atom. The van der Waals surface area contributed by atoms with E-state index in [0.717, 1.165) is 43.9 Å². The Balaban J connectivity index is 2.00. The molecule has 1 aromatic heterocycles. The van der Waals surface area contributed by atoms with Crippen molar-refractivity contribution in [1.29, 1.82) is 0 Å². The van der Waals surface area contributed by atoms with Gasteiger partial charge in [-0.1, -0.05) is 5.16 Å². The standard InChI is InChI=1S/C10H14ClNO2/c11-4-1-9-7-10(12-14-9)8-2-5-13-6-3-8/h7-8H,1-6H2. The molecule has 0 atom stereocenters. The number of ether oxygens (including phenoxy) is 1. The average molecular weight is 216 g/mol. The van der Waals surface area contributed by atoms with E-state index in [-0.39, 0.29) is 0 Å². The van der Waals surface area contributed by atoms with E-state index in [4.69, 9.17) is 20.9 Å². The minimum Gasteiger partial charge on any atom is -0.381 e. The Bertz CT molecular complexity index is 281. The molecule has 0 aromatic carbocycles. The zero-order valence-electron chi connectivity index (χ0n) is 8.04. The molecule has 0 spiro atoms. The summed E-state index contributed by atoms with van der Waals surface area (Å²) in [4.78, 5) is 0. The van der Waals surface area contributed by atoms with Gasteiger partial charge in [0.1, 0.15) is 5.76 Å². The van der Waals surface area contributed by atoms with Crippen molar-refractivity contribution in [3.8, 4) is 0 Å². The Kier molecular flexibility index (Phi) is 3.43. The van der Waals surface area contributed by atoms with Gasteiger partial charge in [0.15, 0.2) is 0 Å². The minimum atomic E-state index is 0.511. The average Bonchev–Trinajstić information content (AvgIpc) is 2.68. The first-order valence-electron chi connectivity index (χ1n) is 4.99. The van der Waals surface area contributed by atoms with Gasteiger partial charge in [0, 0.05) is 37.5 Å². The van der Waals surface area contributed by atoms with Crippen molar-refractivity contribution in [2.24, 2.45) is 0 Å². The van der Waals surface area contributed by atoms with Gasteiger partial charge < -0.3 is 9.26 Å². The van der Waals surface area contributed by atoms with Gasteiger partial charge in [0.2, 0.25) is 0 Å². The van der Waals surface area contributed by atoms with Crippen molar-refractivity contribution >= 4 is 11.6 Å². The van der Waals surface area contributed by atoms with E-state index in [1.807, 2.05) is 6.07 Å². The van der Waals surface area contributed by atoms with Crippen LogP contribution in [0.2, 0.25) is 0 Å². The lowest BCUT2D eigenvalue weighted by atomic mass is 9.96. The Morgan fingerprint density at radius 1 is 1.43 bits per heavy atom. The zero-order valence-corrected chi connectivity index (χ0v) is 8.79. The van der Waals surface area contributed by atoms with Crippen LogP contribution in [0.25, 0.3) is 0 Å². The molecule has 0 N–H and O–H groups in total. The third-order valence-electron chi connectivity index (χ3n) is 2.56. The van der Waals surface area contributed by atoms with Crippen molar-refractivity contribution in [3.63, 3.8) is 0 Å². The lowest BCUT2D eigenvalue weighted by Gasteiger charge is -2.19. The quantitative estimate of drug-likeness (QED) is 0.727. The van der Waals surface area contributed by atoms with E-state index in [0.29, 0.717) is 11.8 Å². The van der Waals surface area contributed by atoms with Crippen LogP contribution in [0.1, 0.15) is 30.2 Å². The third-order valence-corrected chi connectivity index (χ3v) is 2.75. The van der Waals surface area contributed by atoms with Gasteiger partial charge in [-0.25, -0.2) is 0 Å². The fourth-order valence-electron chi connectivity index (χ4n) is 1.73. The van der Waals surface area contributed by atoms with Gasteiger partial charge in [0.25, 0.3) is 0 Å². The molecule has 2 rings (SSSR count). The fraction of sp³-hybridized carbons (Fsp3) is 0.700. The normalized spacial score (nSPS) is 18.6. The maximum absolute atomic E-state index is 5.62. The number of aromatic nitrogens is 1. The highest BCUT2D eigenvalue weighted by Gasteiger charge is 2.19. The summed E-state index contributed by atoms with van der Waals surface area (Å²) in [5, 5.41) is 4.07. The van der Waals surface area contributed by atoms with E-state index in [2.05, 4.69) is 5.16 Å². The van der Waals surface area contributed by atoms with E-state index in [1.165, 1.54) is 0 Å². The first-order chi connectivity index (χ1) is 6.90. The van der Waals surface area contributed by atoms with Gasteiger partial charge in [-0.2, -0.15) is 0 Å². The second-order valence-corrected chi connectivity index (χ2v) is 3.92. The maximum Gasteiger partial charge on any atom is 0.138 e. The number of nitrogens with zero attached hydrogens (tertiary/aromatic N) is 1. The third kappa shape index (κ3) is 2.28. The summed E-state index contributed by atoms with van der Waals surface area (Å²) in [5.41, 5.74) is 1.06. The van der Waals surface area contributed by atoms with Crippen LogP contribution in [0.4, 0.5) is 0 Å². The van der Waals surface area contributed by atoms with Crippen LogP contribution < -0.4 is 0 Å². The lowest BCUT2D eigenvalue weighted by Crippen LogP contribution is -2.14. The van der Waals surface area contributed by atoms with Crippen molar-refractivity contribution < 1.29 is 9.26 Å². The highest BCUT2D eigenvalue weighted by atomic mass is 35.5. The number of hydrogen-bond donors (Lipinski definition) is 0. The smallest absolute Gasteiger partial charge is 0.138 e. The highest BCUT2D eigenvalue weighted by molar-refractivity contribution is 6.17. The molecule has 0 radical (unpaired) electrons. The van der Waals surface area contributed by atoms with Crippen molar-refractivity contribution in [3.05, 3.63) is 17.5 Å². The van der Waals surface area contributed by atoms with Gasteiger partial charge in [-0.15, -0.1) is 11.6 Å². The second kappa shape index (κ2) is 4.80. The van der Waals surface area contributed by atoms with Gasteiger partial charge >= 0.3 is 0 Å². The summed E-state index contributed by atoms with van der Waals surface area (Å²) in [7, 11) is 0. The number of alkyl halides is 1. The predicted molar refractivity (Wildman–Crippen MR) is 53.7 cm³/mol. The number of hydrogen-bond acceptors (Lipinski definition) is 3. The fourth-order valence-corrected chi connectivity index (χ4v) is 1.91. The molecule has 0 aliphatic carbocycles. The van der Waals surface area contributed by atoms with Crippen LogP contribution in [-0.4, -0.2) is 24.3 Å². The SMILES string of the molecule is ClCCc1cc(C2CCOCC2)no1. The molecule has 0 unspecified atom stereocenters. The van der Waals surface area contributed by atoms with Crippen LogP contribution in [0.3, 0.4) is 0 Å². The summed E-state index contributed by atoms with van der Waals surface area (Å²) >= 11 is 5.62. The summed E-state index contributed by atoms with van der Waals surface area (Å²) in [6.45, 7) is 1.67. The predicted octanol–water partition coefficient (Wildman–Crippen LogP) is 2.35. The second-order valence-electron chi connectivity index (χ2n) is 3.54. The Hall–Kier alpha value is -0.540. The van der Waals surface area contributed by atoms with Crippen molar-refractivity contribution in [2.75, 3.05) is 19.1 Å². The molecule has 78 valence electrons. The van der Waals surface area contributed by atoms with Crippen LogP contribution in [-0.2, 0) is 11.2 Å². The molecule has 1 aliphatic rings. The van der Waals surface area contributed by atoms with E-state index >= 15 is 0 Å². The molecule has 0 saturated carbocycles. The molecule has 0 bridgehead atoms. The number of halogens is 1. The maximum atomic E-state index is 5.62. The van der Waals surface area contributed by atoms with Gasteiger partial charge in [-0.05, 0) is 12.8 Å². The van der Waals surface area contributed by atoms with Gasteiger partial charge in [-0.3, -0.25) is 0 Å². The van der Waals surface area contributed by atoms with Crippen molar-refractivity contribution in [1.82, 2.24) is 5.16 Å². The molecule has 4 heteroatoms. The molecule has 0 amide bonds. The topological polar surface area (TPSA) is 35.3 Å². The summed E-state index contributed by atoms with van der Waals surface area (Å²) in [6.07, 6.45) is 2.86. The van der Waals surface area contributed by atoms with Crippen LogP contribution in [0, 0.1) is 0 Å². The van der Waals surface area contributed by atoms with E-state index < -0.39 is 0 Å².